The second-order valence-electron chi connectivity index (χ2n) is 5.86. The zero-order chi connectivity index (χ0) is 19.2. The highest BCUT2D eigenvalue weighted by Gasteiger charge is 2.10. The lowest BCUT2D eigenvalue weighted by atomic mass is 10.1. The summed E-state index contributed by atoms with van der Waals surface area (Å²) in [6.45, 7) is 0.317. The van der Waals surface area contributed by atoms with E-state index in [0.717, 1.165) is 11.1 Å². The molecule has 7 heteroatoms. The highest BCUT2D eigenvalue weighted by Crippen LogP contribution is 2.17. The molecule has 0 unspecified atom stereocenters. The third-order valence-corrected chi connectivity index (χ3v) is 4.26. The topological polar surface area (TPSA) is 84.1 Å². The molecule has 2 N–H and O–H groups in total. The first kappa shape index (κ1) is 18.7. The average molecular weight is 384 g/mol. The van der Waals surface area contributed by atoms with Crippen molar-refractivity contribution >= 4 is 17.5 Å². The number of hydrogen-bond acceptors (Lipinski definition) is 4. The predicted octanol–water partition coefficient (Wildman–Crippen LogP) is 2.96. The fraction of sp³-hybridized carbons (Fsp3) is 0.150. The van der Waals surface area contributed by atoms with E-state index in [2.05, 4.69) is 15.3 Å². The van der Waals surface area contributed by atoms with Gasteiger partial charge in [-0.3, -0.25) is 9.59 Å². The molecule has 3 aromatic rings. The van der Waals surface area contributed by atoms with Crippen LogP contribution in [0.4, 0.5) is 0 Å². The van der Waals surface area contributed by atoms with E-state index in [1.54, 1.807) is 31.4 Å². The number of benzene rings is 2. The number of hydrogen-bond donors (Lipinski definition) is 2. The number of aromatic amines is 1. The standard InChI is InChI=1S/C20H18ClN3O3/c1-27-17-5-3-2-4-14(17)11-22-18(25)10-15-12-23-19(24-20(15)26)13-6-8-16(21)9-7-13/h2-9,12H,10-11H2,1H3,(H,22,25)(H,23,24,26). The zero-order valence-electron chi connectivity index (χ0n) is 14.7. The molecular weight excluding hydrogens is 366 g/mol. The van der Waals surface area contributed by atoms with E-state index < -0.39 is 0 Å². The van der Waals surface area contributed by atoms with Crippen molar-refractivity contribution in [2.75, 3.05) is 7.11 Å². The summed E-state index contributed by atoms with van der Waals surface area (Å²) in [5, 5.41) is 3.39. The molecule has 0 aliphatic heterocycles. The molecule has 0 aliphatic carbocycles. The SMILES string of the molecule is COc1ccccc1CNC(=O)Cc1cnc(-c2ccc(Cl)cc2)[nH]c1=O. The van der Waals surface area contributed by atoms with E-state index in [4.69, 9.17) is 16.3 Å². The van der Waals surface area contributed by atoms with Gasteiger partial charge in [0, 0.05) is 34.5 Å². The summed E-state index contributed by atoms with van der Waals surface area (Å²) in [7, 11) is 1.58. The van der Waals surface area contributed by atoms with Crippen LogP contribution in [0.25, 0.3) is 11.4 Å². The average Bonchev–Trinajstić information content (AvgIpc) is 2.69. The van der Waals surface area contributed by atoms with Crippen LogP contribution >= 0.6 is 11.6 Å². The quantitative estimate of drug-likeness (QED) is 0.685. The number of carbonyl (C=O) groups is 1. The molecule has 0 fully saturated rings. The van der Waals surface area contributed by atoms with Crippen molar-refractivity contribution in [3.63, 3.8) is 0 Å². The number of nitrogens with one attached hydrogen (secondary N) is 2. The van der Waals surface area contributed by atoms with Gasteiger partial charge in [0.25, 0.3) is 5.56 Å². The molecule has 3 rings (SSSR count). The van der Waals surface area contributed by atoms with Gasteiger partial charge in [-0.25, -0.2) is 4.98 Å². The second-order valence-corrected chi connectivity index (χ2v) is 6.29. The summed E-state index contributed by atoms with van der Waals surface area (Å²) < 4.78 is 5.25. The molecule has 27 heavy (non-hydrogen) atoms. The van der Waals surface area contributed by atoms with Crippen LogP contribution in [0, 0.1) is 0 Å². The van der Waals surface area contributed by atoms with Crippen LogP contribution in [0.15, 0.2) is 59.5 Å². The maximum absolute atomic E-state index is 12.3. The lowest BCUT2D eigenvalue weighted by Crippen LogP contribution is -2.28. The Bertz CT molecular complexity index is 1000. The Morgan fingerprint density at radius 1 is 1.15 bits per heavy atom. The Labute approximate surface area is 161 Å². The number of rotatable bonds is 6. The number of amides is 1. The molecule has 0 aliphatic rings. The number of para-hydroxylation sites is 1. The van der Waals surface area contributed by atoms with Crippen molar-refractivity contribution in [2.45, 2.75) is 13.0 Å². The smallest absolute Gasteiger partial charge is 0.254 e. The van der Waals surface area contributed by atoms with Gasteiger partial charge in [-0.05, 0) is 30.3 Å². The van der Waals surface area contributed by atoms with Crippen molar-refractivity contribution < 1.29 is 9.53 Å². The minimum absolute atomic E-state index is 0.0572. The Morgan fingerprint density at radius 2 is 1.89 bits per heavy atom. The van der Waals surface area contributed by atoms with Crippen molar-refractivity contribution in [3.8, 4) is 17.1 Å². The van der Waals surface area contributed by atoms with Crippen molar-refractivity contribution in [2.24, 2.45) is 0 Å². The number of methoxy groups -OCH3 is 1. The lowest BCUT2D eigenvalue weighted by Gasteiger charge is -2.09. The van der Waals surface area contributed by atoms with Crippen molar-refractivity contribution in [3.05, 3.63) is 81.2 Å². The van der Waals surface area contributed by atoms with E-state index in [9.17, 15) is 9.59 Å². The molecule has 0 saturated heterocycles. The summed E-state index contributed by atoms with van der Waals surface area (Å²) >= 11 is 5.86. The minimum atomic E-state index is -0.345. The van der Waals surface area contributed by atoms with Gasteiger partial charge in [-0.1, -0.05) is 29.8 Å². The Hall–Kier alpha value is -3.12. The summed E-state index contributed by atoms with van der Waals surface area (Å²) in [6.07, 6.45) is 1.36. The number of nitrogens with zero attached hydrogens (tertiary/aromatic N) is 1. The van der Waals surface area contributed by atoms with Gasteiger partial charge in [-0.2, -0.15) is 0 Å². The molecule has 0 bridgehead atoms. The first-order valence-corrected chi connectivity index (χ1v) is 8.67. The number of aromatic nitrogens is 2. The zero-order valence-corrected chi connectivity index (χ0v) is 15.4. The van der Waals surface area contributed by atoms with E-state index in [0.29, 0.717) is 28.7 Å². The molecule has 0 radical (unpaired) electrons. The number of H-pyrrole nitrogens is 1. The van der Waals surface area contributed by atoms with Gasteiger partial charge >= 0.3 is 0 Å². The minimum Gasteiger partial charge on any atom is -0.496 e. The van der Waals surface area contributed by atoms with Crippen LogP contribution in [-0.4, -0.2) is 23.0 Å². The summed E-state index contributed by atoms with van der Waals surface area (Å²) in [5.41, 5.74) is 1.55. The molecule has 138 valence electrons. The van der Waals surface area contributed by atoms with Gasteiger partial charge in [0.15, 0.2) is 0 Å². The van der Waals surface area contributed by atoms with E-state index in [-0.39, 0.29) is 17.9 Å². The fourth-order valence-corrected chi connectivity index (χ4v) is 2.71. The summed E-state index contributed by atoms with van der Waals surface area (Å²) in [5.74, 6) is 0.854. The van der Waals surface area contributed by atoms with Crippen LogP contribution in [0.5, 0.6) is 5.75 Å². The highest BCUT2D eigenvalue weighted by molar-refractivity contribution is 6.30. The Morgan fingerprint density at radius 3 is 2.59 bits per heavy atom. The Balaban J connectivity index is 1.66. The number of halogens is 1. The molecule has 1 amide bonds. The molecule has 0 spiro atoms. The molecule has 0 saturated carbocycles. The number of carbonyl (C=O) groups excluding carboxylic acids is 1. The molecular formula is C20H18ClN3O3. The van der Waals surface area contributed by atoms with Gasteiger partial charge in [0.1, 0.15) is 11.6 Å². The molecule has 2 aromatic carbocycles. The van der Waals surface area contributed by atoms with Crippen LogP contribution in [0.3, 0.4) is 0 Å². The molecule has 0 atom stereocenters. The van der Waals surface area contributed by atoms with Gasteiger partial charge < -0.3 is 15.0 Å². The van der Waals surface area contributed by atoms with Crippen LogP contribution in [-0.2, 0) is 17.8 Å². The van der Waals surface area contributed by atoms with E-state index >= 15 is 0 Å². The Kier molecular flexibility index (Phi) is 5.88. The van der Waals surface area contributed by atoms with Crippen LogP contribution in [0.2, 0.25) is 5.02 Å². The highest BCUT2D eigenvalue weighted by atomic mass is 35.5. The second kappa shape index (κ2) is 8.51. The molecule has 1 aromatic heterocycles. The monoisotopic (exact) mass is 383 g/mol. The molecule has 6 nitrogen and oxygen atoms in total. The lowest BCUT2D eigenvalue weighted by molar-refractivity contribution is -0.120. The van der Waals surface area contributed by atoms with Gasteiger partial charge in [0.2, 0.25) is 5.91 Å². The van der Waals surface area contributed by atoms with Gasteiger partial charge in [0.05, 0.1) is 13.5 Å². The maximum atomic E-state index is 12.3. The van der Waals surface area contributed by atoms with Crippen LogP contribution in [0.1, 0.15) is 11.1 Å². The molecule has 1 heterocycles. The summed E-state index contributed by atoms with van der Waals surface area (Å²) in [6, 6.07) is 14.4. The maximum Gasteiger partial charge on any atom is 0.254 e. The van der Waals surface area contributed by atoms with E-state index in [1.165, 1.54) is 6.20 Å². The predicted molar refractivity (Wildman–Crippen MR) is 104 cm³/mol. The van der Waals surface area contributed by atoms with E-state index in [1.807, 2.05) is 24.3 Å². The number of ether oxygens (including phenoxy) is 1. The first-order chi connectivity index (χ1) is 13.1. The van der Waals surface area contributed by atoms with Crippen LogP contribution < -0.4 is 15.6 Å². The third-order valence-electron chi connectivity index (χ3n) is 4.01. The van der Waals surface area contributed by atoms with Crippen molar-refractivity contribution in [1.29, 1.82) is 0 Å². The van der Waals surface area contributed by atoms with Gasteiger partial charge in [-0.15, -0.1) is 0 Å². The third kappa shape index (κ3) is 4.74. The fourth-order valence-electron chi connectivity index (χ4n) is 2.58. The normalized spacial score (nSPS) is 10.4. The summed E-state index contributed by atoms with van der Waals surface area (Å²) in [4.78, 5) is 31.4. The first-order valence-electron chi connectivity index (χ1n) is 8.29. The van der Waals surface area contributed by atoms with Crippen molar-refractivity contribution in [1.82, 2.24) is 15.3 Å². The largest absolute Gasteiger partial charge is 0.496 e.